The van der Waals surface area contributed by atoms with Gasteiger partial charge in [-0.1, -0.05) is 19.4 Å². The van der Waals surface area contributed by atoms with Crippen LogP contribution in [-0.4, -0.2) is 39.3 Å². The lowest BCUT2D eigenvalue weighted by Gasteiger charge is -2.17. The van der Waals surface area contributed by atoms with Gasteiger partial charge in [0, 0.05) is 6.42 Å². The molecule has 1 rings (SSSR count). The molecule has 6 N–H and O–H groups in total. The van der Waals surface area contributed by atoms with Crippen LogP contribution in [0.5, 0.6) is 11.5 Å². The summed E-state index contributed by atoms with van der Waals surface area (Å²) >= 11 is 0. The van der Waals surface area contributed by atoms with E-state index in [1.165, 1.54) is 18.2 Å². The minimum atomic E-state index is -1.19. The number of amides is 1. The maximum absolute atomic E-state index is 11.8. The highest BCUT2D eigenvalue weighted by molar-refractivity contribution is 5.86. The van der Waals surface area contributed by atoms with Crippen LogP contribution >= 0.6 is 0 Å². The van der Waals surface area contributed by atoms with Crippen molar-refractivity contribution >= 4 is 11.9 Å². The van der Waals surface area contributed by atoms with E-state index in [2.05, 4.69) is 5.32 Å². The van der Waals surface area contributed by atoms with Crippen molar-refractivity contribution < 1.29 is 24.9 Å². The zero-order valence-electron chi connectivity index (χ0n) is 11.7. The van der Waals surface area contributed by atoms with Crippen molar-refractivity contribution in [2.24, 2.45) is 5.73 Å². The fourth-order valence-corrected chi connectivity index (χ4v) is 1.85. The number of rotatable bonds is 7. The third-order valence-corrected chi connectivity index (χ3v) is 3.03. The summed E-state index contributed by atoms with van der Waals surface area (Å²) in [5.41, 5.74) is 6.11. The summed E-state index contributed by atoms with van der Waals surface area (Å²) in [5.74, 6) is -2.35. The van der Waals surface area contributed by atoms with Gasteiger partial charge in [0.25, 0.3) is 0 Å². The highest BCUT2D eigenvalue weighted by atomic mass is 16.4. The molecule has 0 radical (unpaired) electrons. The van der Waals surface area contributed by atoms with Gasteiger partial charge in [0.2, 0.25) is 5.91 Å². The third kappa shape index (κ3) is 4.96. The van der Waals surface area contributed by atoms with Crippen LogP contribution in [0.3, 0.4) is 0 Å². The van der Waals surface area contributed by atoms with Crippen LogP contribution in [0, 0.1) is 0 Å². The predicted molar refractivity (Wildman–Crippen MR) is 75.9 cm³/mol. The van der Waals surface area contributed by atoms with E-state index in [4.69, 9.17) is 10.8 Å². The lowest BCUT2D eigenvalue weighted by Crippen LogP contribution is -2.49. The van der Waals surface area contributed by atoms with E-state index < -0.39 is 24.0 Å². The van der Waals surface area contributed by atoms with Gasteiger partial charge >= 0.3 is 5.97 Å². The van der Waals surface area contributed by atoms with Gasteiger partial charge in [0.1, 0.15) is 6.04 Å². The minimum absolute atomic E-state index is 0.0201. The first-order valence-corrected chi connectivity index (χ1v) is 6.64. The molecule has 116 valence electrons. The molecule has 0 aliphatic rings. The van der Waals surface area contributed by atoms with Gasteiger partial charge in [-0.3, -0.25) is 4.79 Å². The average molecular weight is 296 g/mol. The second-order valence-corrected chi connectivity index (χ2v) is 4.82. The SMILES string of the molecule is CCC[C@H](N)C(=O)N[C@@H](Cc1ccc(O)c(O)c1)C(=O)O. The number of carbonyl (C=O) groups excluding carboxylic acids is 1. The van der Waals surface area contributed by atoms with Crippen molar-refractivity contribution in [3.8, 4) is 11.5 Å². The number of aromatic hydroxyl groups is 2. The number of hydrogen-bond donors (Lipinski definition) is 5. The second kappa shape index (κ2) is 7.49. The largest absolute Gasteiger partial charge is 0.504 e. The summed E-state index contributed by atoms with van der Waals surface area (Å²) in [6, 6.07) is 2.09. The molecular formula is C14H20N2O5. The van der Waals surface area contributed by atoms with E-state index in [9.17, 15) is 19.8 Å². The van der Waals surface area contributed by atoms with Crippen molar-refractivity contribution in [1.82, 2.24) is 5.32 Å². The Morgan fingerprint density at radius 3 is 2.48 bits per heavy atom. The summed E-state index contributed by atoms with van der Waals surface area (Å²) in [5, 5.41) is 30.1. The summed E-state index contributed by atoms with van der Waals surface area (Å²) in [6.07, 6.45) is 1.17. The highest BCUT2D eigenvalue weighted by Gasteiger charge is 2.23. The van der Waals surface area contributed by atoms with Gasteiger partial charge in [0.15, 0.2) is 11.5 Å². The molecule has 0 aromatic heterocycles. The van der Waals surface area contributed by atoms with Crippen LogP contribution < -0.4 is 11.1 Å². The number of benzene rings is 1. The molecule has 7 nitrogen and oxygen atoms in total. The molecule has 1 aromatic carbocycles. The van der Waals surface area contributed by atoms with E-state index in [1.807, 2.05) is 6.92 Å². The van der Waals surface area contributed by atoms with Gasteiger partial charge in [-0.25, -0.2) is 4.79 Å². The molecule has 21 heavy (non-hydrogen) atoms. The van der Waals surface area contributed by atoms with Gasteiger partial charge in [-0.15, -0.1) is 0 Å². The fraction of sp³-hybridized carbons (Fsp3) is 0.429. The maximum atomic E-state index is 11.8. The molecule has 0 bridgehead atoms. The molecule has 7 heteroatoms. The number of hydrogen-bond acceptors (Lipinski definition) is 5. The van der Waals surface area contributed by atoms with Gasteiger partial charge in [0.05, 0.1) is 6.04 Å². The summed E-state index contributed by atoms with van der Waals surface area (Å²) < 4.78 is 0. The molecule has 0 unspecified atom stereocenters. The van der Waals surface area contributed by atoms with E-state index in [0.717, 1.165) is 6.42 Å². The summed E-state index contributed by atoms with van der Waals surface area (Å²) in [7, 11) is 0. The van der Waals surface area contributed by atoms with Crippen LogP contribution in [-0.2, 0) is 16.0 Å². The van der Waals surface area contributed by atoms with Crippen LogP contribution in [0.2, 0.25) is 0 Å². The van der Waals surface area contributed by atoms with E-state index in [-0.39, 0.29) is 17.9 Å². The maximum Gasteiger partial charge on any atom is 0.326 e. The van der Waals surface area contributed by atoms with Gasteiger partial charge < -0.3 is 26.4 Å². The Bertz CT molecular complexity index is 518. The van der Waals surface area contributed by atoms with Crippen molar-refractivity contribution in [3.63, 3.8) is 0 Å². The molecule has 1 aromatic rings. The van der Waals surface area contributed by atoms with E-state index in [1.54, 1.807) is 0 Å². The first-order valence-electron chi connectivity index (χ1n) is 6.64. The Morgan fingerprint density at radius 1 is 1.29 bits per heavy atom. The zero-order valence-corrected chi connectivity index (χ0v) is 11.7. The van der Waals surface area contributed by atoms with E-state index in [0.29, 0.717) is 12.0 Å². The monoisotopic (exact) mass is 296 g/mol. The fourth-order valence-electron chi connectivity index (χ4n) is 1.85. The van der Waals surface area contributed by atoms with E-state index >= 15 is 0 Å². The number of nitrogens with two attached hydrogens (primary N) is 1. The predicted octanol–water partition coefficient (Wildman–Crippen LogP) is 0.337. The lowest BCUT2D eigenvalue weighted by atomic mass is 10.0. The number of phenolic OH excluding ortho intramolecular Hbond substituents is 2. The quantitative estimate of drug-likeness (QED) is 0.461. The minimum Gasteiger partial charge on any atom is -0.504 e. The van der Waals surface area contributed by atoms with Crippen LogP contribution in [0.1, 0.15) is 25.3 Å². The Kier molecular flexibility index (Phi) is 5.98. The molecule has 0 fully saturated rings. The molecule has 0 saturated carbocycles. The van der Waals surface area contributed by atoms with Gasteiger partial charge in [-0.2, -0.15) is 0 Å². The van der Waals surface area contributed by atoms with Crippen LogP contribution in [0.4, 0.5) is 0 Å². The van der Waals surface area contributed by atoms with Crippen molar-refractivity contribution in [2.45, 2.75) is 38.3 Å². The Labute approximate surface area is 122 Å². The van der Waals surface area contributed by atoms with Crippen molar-refractivity contribution in [1.29, 1.82) is 0 Å². The Balaban J connectivity index is 2.76. The molecule has 0 spiro atoms. The molecule has 0 aliphatic carbocycles. The number of carboxylic acid groups (broad SMARTS) is 1. The normalized spacial score (nSPS) is 13.4. The molecule has 0 saturated heterocycles. The third-order valence-electron chi connectivity index (χ3n) is 3.03. The smallest absolute Gasteiger partial charge is 0.326 e. The molecule has 2 atom stereocenters. The van der Waals surface area contributed by atoms with Gasteiger partial charge in [-0.05, 0) is 24.1 Å². The Morgan fingerprint density at radius 2 is 1.95 bits per heavy atom. The number of aliphatic carboxylic acids is 1. The average Bonchev–Trinajstić information content (AvgIpc) is 2.42. The standard InChI is InChI=1S/C14H20N2O5/c1-2-3-9(15)13(19)16-10(14(20)21)6-8-4-5-11(17)12(18)7-8/h4-5,7,9-10,17-18H,2-3,6,15H2,1H3,(H,16,19)(H,20,21)/t9-,10-/m0/s1. The second-order valence-electron chi connectivity index (χ2n) is 4.82. The Hall–Kier alpha value is -2.28. The molecule has 0 heterocycles. The van der Waals surface area contributed by atoms with Crippen LogP contribution in [0.15, 0.2) is 18.2 Å². The zero-order chi connectivity index (χ0) is 16.0. The summed E-state index contributed by atoms with van der Waals surface area (Å²) in [4.78, 5) is 23.0. The number of carbonyl (C=O) groups is 2. The first-order chi connectivity index (χ1) is 9.85. The number of carboxylic acids is 1. The first kappa shape index (κ1) is 16.8. The lowest BCUT2D eigenvalue weighted by molar-refractivity contribution is -0.142. The summed E-state index contributed by atoms with van der Waals surface area (Å²) in [6.45, 7) is 1.88. The molecular weight excluding hydrogens is 276 g/mol. The topological polar surface area (TPSA) is 133 Å². The van der Waals surface area contributed by atoms with Crippen molar-refractivity contribution in [2.75, 3.05) is 0 Å². The number of phenols is 2. The highest BCUT2D eigenvalue weighted by Crippen LogP contribution is 2.25. The molecule has 0 aliphatic heterocycles. The number of nitrogens with one attached hydrogen (secondary N) is 1. The molecule has 1 amide bonds. The van der Waals surface area contributed by atoms with Crippen LogP contribution in [0.25, 0.3) is 0 Å². The van der Waals surface area contributed by atoms with Crippen molar-refractivity contribution in [3.05, 3.63) is 23.8 Å².